The number of likely N-dealkylation sites (N-methyl/N-ethyl adjacent to an activating group) is 1. The Balaban J connectivity index is 1.96. The van der Waals surface area contributed by atoms with Crippen LogP contribution in [0.3, 0.4) is 0 Å². The molecule has 0 bridgehead atoms. The van der Waals surface area contributed by atoms with Crippen molar-refractivity contribution in [1.82, 2.24) is 9.80 Å². The van der Waals surface area contributed by atoms with E-state index in [1.807, 2.05) is 0 Å². The molecule has 1 aliphatic heterocycles. The van der Waals surface area contributed by atoms with Gasteiger partial charge in [0.05, 0.1) is 0 Å². The van der Waals surface area contributed by atoms with E-state index >= 15 is 0 Å². The van der Waals surface area contributed by atoms with Crippen LogP contribution in [-0.2, 0) is 0 Å². The van der Waals surface area contributed by atoms with Crippen LogP contribution >= 0.6 is 0 Å². The van der Waals surface area contributed by atoms with Crippen LogP contribution in [0, 0.1) is 11.8 Å². The highest BCUT2D eigenvalue weighted by Gasteiger charge is 2.35. The van der Waals surface area contributed by atoms with Crippen molar-refractivity contribution in [1.29, 1.82) is 0 Å². The summed E-state index contributed by atoms with van der Waals surface area (Å²) < 4.78 is 0. The van der Waals surface area contributed by atoms with Crippen molar-refractivity contribution in [2.45, 2.75) is 65.0 Å². The minimum atomic E-state index is 0.707. The third-order valence-electron chi connectivity index (χ3n) is 5.74. The number of piperazine rings is 1. The summed E-state index contributed by atoms with van der Waals surface area (Å²) in [6.07, 6.45) is 6.92. The Morgan fingerprint density at radius 2 is 1.95 bits per heavy atom. The number of hydrogen-bond acceptors (Lipinski definition) is 3. The molecule has 4 atom stereocenters. The van der Waals surface area contributed by atoms with Crippen LogP contribution in [-0.4, -0.2) is 54.6 Å². The Morgan fingerprint density at radius 1 is 1.15 bits per heavy atom. The van der Waals surface area contributed by atoms with Gasteiger partial charge in [-0.25, -0.2) is 0 Å². The van der Waals surface area contributed by atoms with Crippen molar-refractivity contribution in [2.75, 3.05) is 32.7 Å². The third-order valence-corrected chi connectivity index (χ3v) is 5.74. The molecule has 0 aromatic heterocycles. The first-order chi connectivity index (χ1) is 9.69. The Hall–Kier alpha value is -0.120. The first kappa shape index (κ1) is 16.3. The minimum Gasteiger partial charge on any atom is -0.330 e. The molecule has 20 heavy (non-hydrogen) atoms. The summed E-state index contributed by atoms with van der Waals surface area (Å²) >= 11 is 0. The Bertz CT molecular complexity index is 281. The summed E-state index contributed by atoms with van der Waals surface area (Å²) in [5.41, 5.74) is 6.07. The normalized spacial score (nSPS) is 37.2. The van der Waals surface area contributed by atoms with Crippen molar-refractivity contribution in [3.63, 3.8) is 0 Å². The van der Waals surface area contributed by atoms with Crippen molar-refractivity contribution >= 4 is 0 Å². The highest BCUT2D eigenvalue weighted by atomic mass is 15.3. The second-order valence-electron chi connectivity index (χ2n) is 7.00. The van der Waals surface area contributed by atoms with Crippen LogP contribution in [0.15, 0.2) is 0 Å². The van der Waals surface area contributed by atoms with Gasteiger partial charge in [0.1, 0.15) is 0 Å². The zero-order valence-electron chi connectivity index (χ0n) is 13.9. The monoisotopic (exact) mass is 281 g/mol. The number of nitrogens with zero attached hydrogens (tertiary/aromatic N) is 2. The van der Waals surface area contributed by atoms with E-state index in [1.54, 1.807) is 0 Å². The lowest BCUT2D eigenvalue weighted by Crippen LogP contribution is -2.57. The minimum absolute atomic E-state index is 0.707. The molecule has 1 saturated carbocycles. The van der Waals surface area contributed by atoms with Crippen LogP contribution in [0.5, 0.6) is 0 Å². The molecule has 2 fully saturated rings. The molecule has 0 aromatic rings. The van der Waals surface area contributed by atoms with Gasteiger partial charge in [-0.3, -0.25) is 9.80 Å². The maximum atomic E-state index is 6.07. The topological polar surface area (TPSA) is 32.5 Å². The number of hydrogen-bond donors (Lipinski definition) is 1. The van der Waals surface area contributed by atoms with E-state index < -0.39 is 0 Å². The van der Waals surface area contributed by atoms with E-state index in [0.29, 0.717) is 6.04 Å². The summed E-state index contributed by atoms with van der Waals surface area (Å²) in [7, 11) is 0. The van der Waals surface area contributed by atoms with Crippen LogP contribution in [0.4, 0.5) is 0 Å². The van der Waals surface area contributed by atoms with Gasteiger partial charge in [0.15, 0.2) is 0 Å². The molecule has 2 rings (SSSR count). The smallest absolute Gasteiger partial charge is 0.0195 e. The van der Waals surface area contributed by atoms with E-state index in [0.717, 1.165) is 24.4 Å². The largest absolute Gasteiger partial charge is 0.330 e. The molecular weight excluding hydrogens is 246 g/mol. The maximum absolute atomic E-state index is 6.07. The maximum Gasteiger partial charge on any atom is 0.0195 e. The Kier molecular flexibility index (Phi) is 6.31. The predicted octanol–water partition coefficient (Wildman–Crippen LogP) is 2.56. The fourth-order valence-corrected chi connectivity index (χ4v) is 4.48. The first-order valence-electron chi connectivity index (χ1n) is 8.87. The highest BCUT2D eigenvalue weighted by Crippen LogP contribution is 2.35. The zero-order valence-corrected chi connectivity index (χ0v) is 13.9. The first-order valence-corrected chi connectivity index (χ1v) is 8.87. The summed E-state index contributed by atoms with van der Waals surface area (Å²) in [5, 5.41) is 0. The molecule has 1 heterocycles. The molecule has 4 unspecified atom stereocenters. The van der Waals surface area contributed by atoms with Crippen LogP contribution in [0.1, 0.15) is 52.9 Å². The van der Waals surface area contributed by atoms with Gasteiger partial charge in [-0.1, -0.05) is 33.1 Å². The Morgan fingerprint density at radius 3 is 2.55 bits per heavy atom. The van der Waals surface area contributed by atoms with Gasteiger partial charge in [-0.15, -0.1) is 0 Å². The lowest BCUT2D eigenvalue weighted by molar-refractivity contribution is 0.0134. The number of rotatable bonds is 5. The van der Waals surface area contributed by atoms with E-state index in [9.17, 15) is 0 Å². The molecule has 2 aliphatic rings. The highest BCUT2D eigenvalue weighted by molar-refractivity contribution is 4.91. The average Bonchev–Trinajstić information content (AvgIpc) is 2.47. The van der Waals surface area contributed by atoms with E-state index in [2.05, 4.69) is 30.6 Å². The summed E-state index contributed by atoms with van der Waals surface area (Å²) in [5.74, 6) is 1.69. The molecule has 118 valence electrons. The molecule has 3 heteroatoms. The van der Waals surface area contributed by atoms with Crippen molar-refractivity contribution in [2.24, 2.45) is 17.6 Å². The van der Waals surface area contributed by atoms with Gasteiger partial charge in [0.2, 0.25) is 0 Å². The molecule has 0 amide bonds. The summed E-state index contributed by atoms with van der Waals surface area (Å²) in [6.45, 7) is 12.8. The molecular formula is C17H35N3. The second-order valence-corrected chi connectivity index (χ2v) is 7.00. The third kappa shape index (κ3) is 3.75. The quantitative estimate of drug-likeness (QED) is 0.840. The predicted molar refractivity (Wildman–Crippen MR) is 86.9 cm³/mol. The van der Waals surface area contributed by atoms with Gasteiger partial charge in [-0.05, 0) is 44.7 Å². The molecule has 0 spiro atoms. The molecule has 2 N–H and O–H groups in total. The number of nitrogens with two attached hydrogens (primary N) is 1. The van der Waals surface area contributed by atoms with Crippen molar-refractivity contribution < 1.29 is 0 Å². The molecule has 3 nitrogen and oxygen atoms in total. The summed E-state index contributed by atoms with van der Waals surface area (Å²) in [4.78, 5) is 5.39. The molecule has 0 radical (unpaired) electrons. The van der Waals surface area contributed by atoms with Gasteiger partial charge < -0.3 is 5.73 Å². The standard InChI is InChI=1S/C17H35N3/c1-4-6-15-7-8-16(12-18)17(11-15)20-10-9-19(5-2)14(3)13-20/h14-17H,4-13,18H2,1-3H3. The Labute approximate surface area is 125 Å². The lowest BCUT2D eigenvalue weighted by atomic mass is 9.75. The van der Waals surface area contributed by atoms with Gasteiger partial charge in [0, 0.05) is 31.7 Å². The van der Waals surface area contributed by atoms with Crippen molar-refractivity contribution in [3.8, 4) is 0 Å². The molecule has 1 aliphatic carbocycles. The van der Waals surface area contributed by atoms with E-state index in [1.165, 1.54) is 58.3 Å². The molecule has 1 saturated heterocycles. The summed E-state index contributed by atoms with van der Waals surface area (Å²) in [6, 6.07) is 1.46. The fraction of sp³-hybridized carbons (Fsp3) is 1.00. The zero-order chi connectivity index (χ0) is 14.5. The lowest BCUT2D eigenvalue weighted by Gasteiger charge is -2.48. The van der Waals surface area contributed by atoms with Gasteiger partial charge >= 0.3 is 0 Å². The van der Waals surface area contributed by atoms with Crippen LogP contribution in [0.25, 0.3) is 0 Å². The van der Waals surface area contributed by atoms with Gasteiger partial charge in [-0.2, -0.15) is 0 Å². The van der Waals surface area contributed by atoms with Crippen LogP contribution in [0.2, 0.25) is 0 Å². The van der Waals surface area contributed by atoms with Crippen molar-refractivity contribution in [3.05, 3.63) is 0 Å². The SMILES string of the molecule is CCCC1CCC(CN)C(N2CCN(CC)C(C)C2)C1. The fourth-order valence-electron chi connectivity index (χ4n) is 4.48. The van der Waals surface area contributed by atoms with E-state index in [-0.39, 0.29) is 0 Å². The second kappa shape index (κ2) is 7.77. The average molecular weight is 281 g/mol. The van der Waals surface area contributed by atoms with Gasteiger partial charge in [0.25, 0.3) is 0 Å². The van der Waals surface area contributed by atoms with Crippen LogP contribution < -0.4 is 5.73 Å². The molecule has 0 aromatic carbocycles. The van der Waals surface area contributed by atoms with E-state index in [4.69, 9.17) is 5.73 Å².